The van der Waals surface area contributed by atoms with Crippen molar-refractivity contribution in [2.24, 2.45) is 0 Å². The van der Waals surface area contributed by atoms with Crippen molar-refractivity contribution in [2.75, 3.05) is 13.1 Å². The Bertz CT molecular complexity index is 712. The van der Waals surface area contributed by atoms with Crippen LogP contribution in [-0.2, 0) is 11.3 Å². The van der Waals surface area contributed by atoms with Crippen molar-refractivity contribution >= 4 is 17.5 Å². The average molecular weight is 348 g/mol. The van der Waals surface area contributed by atoms with Crippen molar-refractivity contribution < 1.29 is 9.21 Å². The summed E-state index contributed by atoms with van der Waals surface area (Å²) in [7, 11) is 0. The van der Waals surface area contributed by atoms with Crippen molar-refractivity contribution in [3.63, 3.8) is 0 Å². The normalized spacial score (nSPS) is 18.5. The topological polar surface area (TPSA) is 58.4 Å². The number of nitrogens with one attached hydrogen (secondary N) is 1. The van der Waals surface area contributed by atoms with Crippen LogP contribution in [0.1, 0.15) is 31.4 Å². The zero-order chi connectivity index (χ0) is 17.1. The van der Waals surface area contributed by atoms with Crippen molar-refractivity contribution in [3.05, 3.63) is 40.9 Å². The fourth-order valence-corrected chi connectivity index (χ4v) is 3.31. The molecule has 1 aliphatic heterocycles. The molecular formula is C18H22ClN3O2. The highest BCUT2D eigenvalue weighted by Gasteiger charge is 2.22. The molecule has 0 radical (unpaired) electrons. The molecular weight excluding hydrogens is 326 g/mol. The predicted molar refractivity (Wildman–Crippen MR) is 93.8 cm³/mol. The van der Waals surface area contributed by atoms with Gasteiger partial charge < -0.3 is 9.73 Å². The van der Waals surface area contributed by atoms with Crippen LogP contribution in [0, 0.1) is 6.92 Å². The number of nitrogens with zero attached hydrogens (tertiary/aromatic N) is 2. The lowest BCUT2D eigenvalue weighted by molar-refractivity contribution is -0.120. The Morgan fingerprint density at radius 1 is 1.42 bits per heavy atom. The Morgan fingerprint density at radius 3 is 2.88 bits per heavy atom. The molecule has 0 unspecified atom stereocenters. The van der Waals surface area contributed by atoms with Crippen LogP contribution in [0.5, 0.6) is 0 Å². The summed E-state index contributed by atoms with van der Waals surface area (Å²) >= 11 is 5.94. The third-order valence-electron chi connectivity index (χ3n) is 4.22. The highest BCUT2D eigenvalue weighted by atomic mass is 35.5. The second-order valence-electron chi connectivity index (χ2n) is 6.30. The molecule has 24 heavy (non-hydrogen) atoms. The number of oxazole rings is 1. The number of piperidine rings is 1. The van der Waals surface area contributed by atoms with Crippen molar-refractivity contribution in [3.8, 4) is 11.3 Å². The summed E-state index contributed by atoms with van der Waals surface area (Å²) in [6.45, 7) is 6.00. The molecule has 1 atom stereocenters. The fourth-order valence-electron chi connectivity index (χ4n) is 3.18. The lowest BCUT2D eigenvalue weighted by atomic mass is 10.1. The number of likely N-dealkylation sites (tertiary alicyclic amines) is 1. The quantitative estimate of drug-likeness (QED) is 0.920. The molecule has 0 bridgehead atoms. The lowest BCUT2D eigenvalue weighted by Gasteiger charge is -2.32. The summed E-state index contributed by atoms with van der Waals surface area (Å²) in [5.74, 6) is 1.52. The first kappa shape index (κ1) is 17.0. The Kier molecular flexibility index (Phi) is 5.21. The molecule has 1 fully saturated rings. The van der Waals surface area contributed by atoms with Crippen molar-refractivity contribution in [2.45, 2.75) is 39.3 Å². The summed E-state index contributed by atoms with van der Waals surface area (Å²) in [5.41, 5.74) is 1.85. The van der Waals surface area contributed by atoms with E-state index in [0.29, 0.717) is 17.5 Å². The van der Waals surface area contributed by atoms with Crippen LogP contribution in [0.4, 0.5) is 0 Å². The van der Waals surface area contributed by atoms with E-state index in [1.807, 2.05) is 31.2 Å². The highest BCUT2D eigenvalue weighted by molar-refractivity contribution is 6.30. The van der Waals surface area contributed by atoms with Crippen LogP contribution in [-0.4, -0.2) is 34.9 Å². The molecule has 1 aromatic heterocycles. The van der Waals surface area contributed by atoms with Gasteiger partial charge in [-0.2, -0.15) is 0 Å². The third-order valence-corrected chi connectivity index (χ3v) is 4.47. The molecule has 1 N–H and O–H groups in total. The Morgan fingerprint density at radius 2 is 2.17 bits per heavy atom. The van der Waals surface area contributed by atoms with Crippen LogP contribution < -0.4 is 5.32 Å². The second-order valence-corrected chi connectivity index (χ2v) is 6.74. The predicted octanol–water partition coefficient (Wildman–Crippen LogP) is 3.40. The number of rotatable bonds is 4. The summed E-state index contributed by atoms with van der Waals surface area (Å²) in [6.07, 6.45) is 2.09. The first-order chi connectivity index (χ1) is 11.5. The minimum absolute atomic E-state index is 0.0267. The van der Waals surface area contributed by atoms with E-state index in [0.717, 1.165) is 42.9 Å². The number of halogens is 1. The van der Waals surface area contributed by atoms with E-state index >= 15 is 0 Å². The number of aryl methyl sites for hydroxylation is 1. The van der Waals surface area contributed by atoms with Gasteiger partial charge in [-0.3, -0.25) is 9.69 Å². The van der Waals surface area contributed by atoms with Gasteiger partial charge in [0.25, 0.3) is 0 Å². The van der Waals surface area contributed by atoms with Gasteiger partial charge in [-0.05, 0) is 50.6 Å². The smallest absolute Gasteiger partial charge is 0.217 e. The lowest BCUT2D eigenvalue weighted by Crippen LogP contribution is -2.46. The number of carbonyl (C=O) groups is 1. The molecule has 5 nitrogen and oxygen atoms in total. The summed E-state index contributed by atoms with van der Waals surface area (Å²) in [5, 5.41) is 3.70. The Labute approximate surface area is 147 Å². The van der Waals surface area contributed by atoms with Crippen LogP contribution in [0.15, 0.2) is 28.7 Å². The molecule has 1 amide bonds. The first-order valence-corrected chi connectivity index (χ1v) is 8.61. The maximum absolute atomic E-state index is 11.2. The molecule has 6 heteroatoms. The van der Waals surface area contributed by atoms with Gasteiger partial charge in [0, 0.05) is 30.1 Å². The summed E-state index contributed by atoms with van der Waals surface area (Å²) in [4.78, 5) is 18.1. The maximum Gasteiger partial charge on any atom is 0.217 e. The number of hydrogen-bond donors (Lipinski definition) is 1. The third kappa shape index (κ3) is 4.16. The minimum atomic E-state index is 0.0267. The van der Waals surface area contributed by atoms with Gasteiger partial charge >= 0.3 is 0 Å². The van der Waals surface area contributed by atoms with Crippen molar-refractivity contribution in [1.29, 1.82) is 0 Å². The van der Waals surface area contributed by atoms with Crippen LogP contribution in [0.25, 0.3) is 11.3 Å². The van der Waals surface area contributed by atoms with E-state index in [-0.39, 0.29) is 11.9 Å². The molecule has 1 aliphatic rings. The Hall–Kier alpha value is -1.85. The van der Waals surface area contributed by atoms with E-state index in [1.165, 1.54) is 0 Å². The zero-order valence-corrected chi connectivity index (χ0v) is 14.8. The largest absolute Gasteiger partial charge is 0.439 e. The van der Waals surface area contributed by atoms with Crippen LogP contribution >= 0.6 is 11.6 Å². The van der Waals surface area contributed by atoms with Crippen molar-refractivity contribution in [1.82, 2.24) is 15.2 Å². The van der Waals surface area contributed by atoms with Gasteiger partial charge in [-0.25, -0.2) is 4.98 Å². The SMILES string of the molecule is CC(=O)N[C@H]1CCCN(Cc2nc(C)c(-c3ccc(Cl)cc3)o2)C1. The molecule has 1 saturated heterocycles. The van der Waals surface area contributed by atoms with Gasteiger partial charge in [0.2, 0.25) is 11.8 Å². The average Bonchev–Trinajstić information content (AvgIpc) is 2.88. The molecule has 3 rings (SSSR count). The number of benzene rings is 1. The fraction of sp³-hybridized carbons (Fsp3) is 0.444. The van der Waals surface area contributed by atoms with Gasteiger partial charge in [0.05, 0.1) is 12.2 Å². The second kappa shape index (κ2) is 7.36. The molecule has 2 aromatic rings. The highest BCUT2D eigenvalue weighted by Crippen LogP contribution is 2.26. The molecule has 0 aliphatic carbocycles. The standard InChI is InChI=1S/C18H22ClN3O2/c1-12-18(14-5-7-15(19)8-6-14)24-17(20-12)11-22-9-3-4-16(10-22)21-13(2)23/h5-8,16H,3-4,9-11H2,1-2H3,(H,21,23)/t16-/m0/s1. The van der Waals surface area contributed by atoms with E-state index < -0.39 is 0 Å². The number of aromatic nitrogens is 1. The molecule has 0 saturated carbocycles. The van der Waals surface area contributed by atoms with Crippen LogP contribution in [0.2, 0.25) is 5.02 Å². The van der Waals surface area contributed by atoms with Gasteiger partial charge in [-0.1, -0.05) is 11.6 Å². The van der Waals surface area contributed by atoms with E-state index in [9.17, 15) is 4.79 Å². The minimum Gasteiger partial charge on any atom is -0.439 e. The first-order valence-electron chi connectivity index (χ1n) is 8.23. The maximum atomic E-state index is 11.2. The van der Waals surface area contributed by atoms with E-state index in [4.69, 9.17) is 16.0 Å². The van der Waals surface area contributed by atoms with Gasteiger partial charge in [0.15, 0.2) is 5.76 Å². The summed E-state index contributed by atoms with van der Waals surface area (Å²) < 4.78 is 5.98. The number of carbonyl (C=O) groups excluding carboxylic acids is 1. The van der Waals surface area contributed by atoms with Gasteiger partial charge in [0.1, 0.15) is 0 Å². The number of amides is 1. The zero-order valence-electron chi connectivity index (χ0n) is 14.0. The Balaban J connectivity index is 1.68. The summed E-state index contributed by atoms with van der Waals surface area (Å²) in [6, 6.07) is 7.78. The van der Waals surface area contributed by atoms with E-state index in [2.05, 4.69) is 15.2 Å². The van der Waals surface area contributed by atoms with Crippen LogP contribution in [0.3, 0.4) is 0 Å². The molecule has 1 aromatic carbocycles. The monoisotopic (exact) mass is 347 g/mol. The van der Waals surface area contributed by atoms with E-state index in [1.54, 1.807) is 6.92 Å². The molecule has 0 spiro atoms. The molecule has 2 heterocycles. The molecule has 128 valence electrons. The van der Waals surface area contributed by atoms with Gasteiger partial charge in [-0.15, -0.1) is 0 Å². The number of hydrogen-bond acceptors (Lipinski definition) is 4.